The highest BCUT2D eigenvalue weighted by atomic mass is 35.5. The Morgan fingerprint density at radius 1 is 1.54 bits per heavy atom. The molecule has 64 valence electrons. The van der Waals surface area contributed by atoms with Crippen molar-refractivity contribution in [2.45, 2.75) is 6.42 Å². The molecule has 0 saturated carbocycles. The predicted octanol–water partition coefficient (Wildman–Crippen LogP) is 1.81. The molecule has 0 aliphatic carbocycles. The van der Waals surface area contributed by atoms with Crippen molar-refractivity contribution in [3.63, 3.8) is 0 Å². The van der Waals surface area contributed by atoms with E-state index in [1.807, 2.05) is 6.07 Å². The van der Waals surface area contributed by atoms with Crippen LogP contribution >= 0.6 is 22.9 Å². The average Bonchev–Trinajstić information content (AvgIpc) is 2.49. The summed E-state index contributed by atoms with van der Waals surface area (Å²) < 4.78 is 0. The average molecular weight is 211 g/mol. The third-order valence-electron chi connectivity index (χ3n) is 1.43. The zero-order valence-electron chi connectivity index (χ0n) is 6.36. The van der Waals surface area contributed by atoms with Crippen molar-refractivity contribution >= 4 is 33.3 Å². The van der Waals surface area contributed by atoms with Gasteiger partial charge < -0.3 is 0 Å². The maximum absolute atomic E-state index is 8.46. The monoisotopic (exact) mass is 210 g/mol. The highest BCUT2D eigenvalue weighted by molar-refractivity contribution is 7.18. The van der Waals surface area contributed by atoms with E-state index in [9.17, 15) is 0 Å². The zero-order valence-corrected chi connectivity index (χ0v) is 7.93. The molecule has 0 aliphatic heterocycles. The first-order valence-corrected chi connectivity index (χ1v) is 4.63. The molecule has 0 fully saturated rings. The molecule has 2 aromatic rings. The van der Waals surface area contributed by atoms with Gasteiger partial charge in [0.1, 0.15) is 21.7 Å². The molecule has 0 aromatic carbocycles. The Hall–Kier alpha value is -1.25. The molecule has 4 nitrogen and oxygen atoms in total. The maximum Gasteiger partial charge on any atom is 0.159 e. The van der Waals surface area contributed by atoms with E-state index in [-0.39, 0.29) is 6.42 Å². The van der Waals surface area contributed by atoms with E-state index >= 15 is 0 Å². The van der Waals surface area contributed by atoms with Crippen LogP contribution in [0.4, 0.5) is 0 Å². The Bertz CT molecular complexity index is 487. The molecule has 0 unspecified atom stereocenters. The van der Waals surface area contributed by atoms with Gasteiger partial charge in [-0.25, -0.2) is 15.0 Å². The first kappa shape index (κ1) is 8.35. The minimum absolute atomic E-state index is 0.289. The van der Waals surface area contributed by atoms with Crippen LogP contribution in [0.3, 0.4) is 0 Å². The van der Waals surface area contributed by atoms with Gasteiger partial charge in [-0.3, -0.25) is 0 Å². The van der Waals surface area contributed by atoms with Crippen molar-refractivity contribution in [3.05, 3.63) is 16.5 Å². The number of thiazole rings is 1. The number of hydrogen-bond acceptors (Lipinski definition) is 5. The molecule has 0 bridgehead atoms. The third-order valence-corrected chi connectivity index (χ3v) is 2.67. The molecular weight excluding hydrogens is 208 g/mol. The van der Waals surface area contributed by atoms with Crippen LogP contribution < -0.4 is 0 Å². The third kappa shape index (κ3) is 1.46. The second-order valence-corrected chi connectivity index (χ2v) is 3.68. The quantitative estimate of drug-likeness (QED) is 0.674. The van der Waals surface area contributed by atoms with Gasteiger partial charge >= 0.3 is 0 Å². The topological polar surface area (TPSA) is 62.5 Å². The van der Waals surface area contributed by atoms with Gasteiger partial charge in [-0.15, -0.1) is 0 Å². The number of fused-ring (bicyclic) bond motifs is 1. The lowest BCUT2D eigenvalue weighted by Crippen LogP contribution is -1.80. The van der Waals surface area contributed by atoms with Crippen LogP contribution in [0.15, 0.2) is 6.33 Å². The summed E-state index contributed by atoms with van der Waals surface area (Å²) >= 11 is 7.15. The minimum Gasteiger partial charge on any atom is -0.235 e. The van der Waals surface area contributed by atoms with E-state index < -0.39 is 0 Å². The second-order valence-electron chi connectivity index (χ2n) is 2.26. The number of hydrogen-bond donors (Lipinski definition) is 0. The van der Waals surface area contributed by atoms with E-state index in [4.69, 9.17) is 16.9 Å². The number of nitriles is 1. The van der Waals surface area contributed by atoms with Crippen molar-refractivity contribution in [2.75, 3.05) is 0 Å². The highest BCUT2D eigenvalue weighted by Crippen LogP contribution is 2.24. The largest absolute Gasteiger partial charge is 0.235 e. The van der Waals surface area contributed by atoms with Crippen molar-refractivity contribution in [1.82, 2.24) is 15.0 Å². The lowest BCUT2D eigenvalue weighted by atomic mass is 10.5. The standard InChI is InChI=1S/C7H3ClN4S/c8-6-5-7(11-3-10-6)13-4(12-5)1-2-9/h3H,1H2. The molecule has 2 rings (SSSR count). The Balaban J connectivity index is 2.63. The van der Waals surface area contributed by atoms with Gasteiger partial charge in [0.2, 0.25) is 0 Å². The normalized spacial score (nSPS) is 10.2. The predicted molar refractivity (Wildman–Crippen MR) is 49.5 cm³/mol. The van der Waals surface area contributed by atoms with Crippen molar-refractivity contribution in [1.29, 1.82) is 5.26 Å². The minimum atomic E-state index is 0.289. The number of halogens is 1. The number of rotatable bonds is 1. The lowest BCUT2D eigenvalue weighted by Gasteiger charge is -1.86. The second kappa shape index (κ2) is 3.24. The SMILES string of the molecule is N#CCc1nc2c(Cl)ncnc2s1. The van der Waals surface area contributed by atoms with E-state index in [1.165, 1.54) is 17.7 Å². The van der Waals surface area contributed by atoms with Gasteiger partial charge in [0, 0.05) is 0 Å². The van der Waals surface area contributed by atoms with E-state index in [1.54, 1.807) is 0 Å². The summed E-state index contributed by atoms with van der Waals surface area (Å²) in [5, 5.41) is 9.52. The number of nitrogens with zero attached hydrogens (tertiary/aromatic N) is 4. The molecule has 2 heterocycles. The van der Waals surface area contributed by atoms with Crippen LogP contribution in [0.5, 0.6) is 0 Å². The van der Waals surface area contributed by atoms with Gasteiger partial charge in [-0.2, -0.15) is 5.26 Å². The first-order chi connectivity index (χ1) is 6.31. The fourth-order valence-electron chi connectivity index (χ4n) is 0.914. The van der Waals surface area contributed by atoms with Gasteiger partial charge in [-0.05, 0) is 0 Å². The molecule has 0 aliphatic rings. The fourth-order valence-corrected chi connectivity index (χ4v) is 1.98. The molecule has 0 atom stereocenters. The molecule has 0 radical (unpaired) electrons. The Kier molecular flexibility index (Phi) is 2.08. The van der Waals surface area contributed by atoms with Crippen LogP contribution in [0.2, 0.25) is 5.15 Å². The van der Waals surface area contributed by atoms with Crippen LogP contribution in [0.1, 0.15) is 5.01 Å². The molecule has 13 heavy (non-hydrogen) atoms. The highest BCUT2D eigenvalue weighted by Gasteiger charge is 2.07. The lowest BCUT2D eigenvalue weighted by molar-refractivity contribution is 1.18. The maximum atomic E-state index is 8.46. The first-order valence-electron chi connectivity index (χ1n) is 3.44. The Labute approximate surface area is 82.8 Å². The summed E-state index contributed by atoms with van der Waals surface area (Å²) in [7, 11) is 0. The molecule has 0 amide bonds. The van der Waals surface area contributed by atoms with Crippen LogP contribution in [0, 0.1) is 11.3 Å². The summed E-state index contributed by atoms with van der Waals surface area (Å²) in [5.41, 5.74) is 0.583. The van der Waals surface area contributed by atoms with E-state index in [0.717, 1.165) is 9.84 Å². The molecular formula is C7H3ClN4S. The molecule has 0 N–H and O–H groups in total. The van der Waals surface area contributed by atoms with Gasteiger partial charge in [-0.1, -0.05) is 22.9 Å². The Morgan fingerprint density at radius 3 is 3.08 bits per heavy atom. The summed E-state index contributed by atoms with van der Waals surface area (Å²) in [6.07, 6.45) is 1.68. The number of aromatic nitrogens is 3. The van der Waals surface area contributed by atoms with E-state index in [2.05, 4.69) is 15.0 Å². The molecule has 0 spiro atoms. The van der Waals surface area contributed by atoms with E-state index in [0.29, 0.717) is 10.7 Å². The van der Waals surface area contributed by atoms with Gasteiger partial charge in [0.05, 0.1) is 12.5 Å². The van der Waals surface area contributed by atoms with Gasteiger partial charge in [0.15, 0.2) is 5.15 Å². The van der Waals surface area contributed by atoms with Crippen molar-refractivity contribution in [3.8, 4) is 6.07 Å². The molecule has 0 saturated heterocycles. The molecule has 6 heteroatoms. The molecule has 2 aromatic heterocycles. The fraction of sp³-hybridized carbons (Fsp3) is 0.143. The summed E-state index contributed by atoms with van der Waals surface area (Å²) in [4.78, 5) is 12.7. The smallest absolute Gasteiger partial charge is 0.159 e. The van der Waals surface area contributed by atoms with Crippen molar-refractivity contribution in [2.24, 2.45) is 0 Å². The van der Waals surface area contributed by atoms with Crippen LogP contribution in [-0.4, -0.2) is 15.0 Å². The van der Waals surface area contributed by atoms with Crippen molar-refractivity contribution < 1.29 is 0 Å². The van der Waals surface area contributed by atoms with Crippen LogP contribution in [-0.2, 0) is 6.42 Å². The van der Waals surface area contributed by atoms with Crippen LogP contribution in [0.25, 0.3) is 10.3 Å². The summed E-state index contributed by atoms with van der Waals surface area (Å²) in [5.74, 6) is 0. The zero-order chi connectivity index (χ0) is 9.26. The van der Waals surface area contributed by atoms with Gasteiger partial charge in [0.25, 0.3) is 0 Å². The Morgan fingerprint density at radius 2 is 2.38 bits per heavy atom. The summed E-state index contributed by atoms with van der Waals surface area (Å²) in [6, 6.07) is 2.02. The summed E-state index contributed by atoms with van der Waals surface area (Å²) in [6.45, 7) is 0.